The van der Waals surface area contributed by atoms with Crippen LogP contribution in [0, 0.1) is 31.9 Å². The number of fused-ring (bicyclic) bond motifs is 4. The Morgan fingerprint density at radius 3 is 2.29 bits per heavy atom. The summed E-state index contributed by atoms with van der Waals surface area (Å²) in [5, 5.41) is 3.74. The average Bonchev–Trinajstić information content (AvgIpc) is 3.93. The standard InChI is InChI=1S/C27H19N2O.C23H32NSi.Ir/c1-17-9-7-10-18(2)25(17)29-23-15-5-4-14-22(23)28-27(29)21-13-8-12-20-19-11-3-6-16-24(19)30-26(20)21;1-17(2)19-10-12-20(13-11-19)22-15-21(14-18-8-6-7-9-18)23(16-24-22)25(3,4)5;/h3-12,14-16H,1-2H3;10-12,15-18H,6-9,14H2,1-5H3;/q2*-1;. The van der Waals surface area contributed by atoms with E-state index in [0.29, 0.717) is 5.92 Å². The molecule has 0 bridgehead atoms. The molecule has 1 saturated carbocycles. The molecule has 4 nitrogen and oxygen atoms in total. The number of rotatable bonds is 7. The van der Waals surface area contributed by atoms with E-state index in [2.05, 4.69) is 143 Å². The van der Waals surface area contributed by atoms with Gasteiger partial charge in [0, 0.05) is 37.4 Å². The number of aromatic nitrogens is 3. The number of hydrogen-bond donors (Lipinski definition) is 0. The van der Waals surface area contributed by atoms with Crippen molar-refractivity contribution < 1.29 is 24.5 Å². The number of aryl methyl sites for hydroxylation is 2. The second kappa shape index (κ2) is 16.5. The van der Waals surface area contributed by atoms with Crippen LogP contribution in [-0.2, 0) is 26.5 Å². The van der Waals surface area contributed by atoms with Gasteiger partial charge in [-0.25, -0.2) is 0 Å². The molecule has 5 aromatic carbocycles. The Morgan fingerprint density at radius 2 is 1.57 bits per heavy atom. The van der Waals surface area contributed by atoms with Crippen LogP contribution in [0.15, 0.2) is 114 Å². The van der Waals surface area contributed by atoms with Crippen molar-refractivity contribution in [2.24, 2.45) is 5.92 Å². The predicted molar refractivity (Wildman–Crippen MR) is 233 cm³/mol. The van der Waals surface area contributed by atoms with E-state index < -0.39 is 8.07 Å². The maximum absolute atomic E-state index is 6.30. The summed E-state index contributed by atoms with van der Waals surface area (Å²) in [5.41, 5.74) is 13.3. The minimum absolute atomic E-state index is 0. The van der Waals surface area contributed by atoms with Crippen LogP contribution in [0.25, 0.3) is 61.3 Å². The first-order valence-corrected chi connectivity index (χ1v) is 23.4. The summed E-state index contributed by atoms with van der Waals surface area (Å²) in [4.78, 5) is 9.86. The van der Waals surface area contributed by atoms with E-state index in [9.17, 15) is 0 Å². The fraction of sp³-hybridized carbons (Fsp3) is 0.280. The first kappa shape index (κ1) is 39.6. The van der Waals surface area contributed by atoms with Crippen LogP contribution in [0.3, 0.4) is 0 Å². The normalized spacial score (nSPS) is 13.4. The quantitative estimate of drug-likeness (QED) is 0.118. The number of nitrogens with zero attached hydrogens (tertiary/aromatic N) is 3. The van der Waals surface area contributed by atoms with E-state index in [1.807, 2.05) is 30.3 Å². The molecule has 1 radical (unpaired) electrons. The van der Waals surface area contributed by atoms with Gasteiger partial charge in [0.1, 0.15) is 5.58 Å². The zero-order valence-corrected chi connectivity index (χ0v) is 37.1. The number of pyridine rings is 1. The SMILES string of the molecule is CC(C)c1c[c-]c(-c2cc(CC3CCCC3)c([Si](C)(C)C)cn2)cc1.Cc1cccc(C)c1-n1c(-c2[c-]ccc3c2oc2ccccc23)nc2ccccc21.[Ir]. The topological polar surface area (TPSA) is 43.9 Å². The Bertz CT molecular complexity index is 2600. The zero-order valence-electron chi connectivity index (χ0n) is 33.7. The van der Waals surface area contributed by atoms with Gasteiger partial charge in [0.25, 0.3) is 0 Å². The molecule has 9 rings (SSSR count). The molecule has 0 amide bonds. The Balaban J connectivity index is 0.000000172. The molecular formula is C50H51IrN3OSi-2. The summed E-state index contributed by atoms with van der Waals surface area (Å²) in [7, 11) is -1.37. The predicted octanol–water partition coefficient (Wildman–Crippen LogP) is 13.0. The average molecular weight is 930 g/mol. The third kappa shape index (κ3) is 7.85. The summed E-state index contributed by atoms with van der Waals surface area (Å²) >= 11 is 0. The molecule has 287 valence electrons. The van der Waals surface area contributed by atoms with Crippen LogP contribution in [0.2, 0.25) is 19.6 Å². The van der Waals surface area contributed by atoms with Gasteiger partial charge in [0.05, 0.1) is 30.5 Å². The first-order chi connectivity index (χ1) is 26.6. The summed E-state index contributed by atoms with van der Waals surface area (Å²) in [6, 6.07) is 42.6. The number of furan rings is 1. The maximum atomic E-state index is 6.30. The second-order valence-electron chi connectivity index (χ2n) is 16.7. The summed E-state index contributed by atoms with van der Waals surface area (Å²) < 4.78 is 8.55. The fourth-order valence-electron chi connectivity index (χ4n) is 8.40. The minimum atomic E-state index is -1.37. The van der Waals surface area contributed by atoms with Gasteiger partial charge >= 0.3 is 0 Å². The Labute approximate surface area is 346 Å². The molecule has 3 aromatic heterocycles. The van der Waals surface area contributed by atoms with Crippen LogP contribution in [0.5, 0.6) is 0 Å². The van der Waals surface area contributed by atoms with Gasteiger partial charge in [0.15, 0.2) is 0 Å². The van der Waals surface area contributed by atoms with Crippen molar-refractivity contribution in [3.8, 4) is 28.3 Å². The van der Waals surface area contributed by atoms with E-state index >= 15 is 0 Å². The van der Waals surface area contributed by atoms with Crippen molar-refractivity contribution in [2.45, 2.75) is 85.4 Å². The summed E-state index contributed by atoms with van der Waals surface area (Å²) in [6.45, 7) is 16.0. The molecule has 1 fully saturated rings. The van der Waals surface area contributed by atoms with Gasteiger partial charge in [-0.05, 0) is 66.4 Å². The monoisotopic (exact) mass is 930 g/mol. The van der Waals surface area contributed by atoms with Gasteiger partial charge < -0.3 is 14.0 Å². The van der Waals surface area contributed by atoms with Crippen molar-refractivity contribution in [1.82, 2.24) is 14.5 Å². The number of imidazole rings is 1. The van der Waals surface area contributed by atoms with Crippen LogP contribution in [-0.4, -0.2) is 22.6 Å². The smallest absolute Gasteiger partial charge is 0.120 e. The van der Waals surface area contributed by atoms with Gasteiger partial charge in [-0.2, -0.15) is 0 Å². The first-order valence-electron chi connectivity index (χ1n) is 19.9. The van der Waals surface area contributed by atoms with Gasteiger partial charge in [-0.1, -0.05) is 136 Å². The third-order valence-corrected chi connectivity index (χ3v) is 13.4. The second-order valence-corrected chi connectivity index (χ2v) is 21.8. The Hall–Kier alpha value is -4.61. The molecule has 1 aliphatic carbocycles. The van der Waals surface area contributed by atoms with E-state index in [1.54, 1.807) is 10.8 Å². The molecule has 3 heterocycles. The molecule has 8 aromatic rings. The van der Waals surface area contributed by atoms with E-state index in [-0.39, 0.29) is 20.1 Å². The summed E-state index contributed by atoms with van der Waals surface area (Å²) in [6.07, 6.45) is 9.04. The van der Waals surface area contributed by atoms with Crippen molar-refractivity contribution >= 4 is 46.2 Å². The molecular weight excluding hydrogens is 879 g/mol. The molecule has 1 aliphatic rings. The van der Waals surface area contributed by atoms with Crippen LogP contribution < -0.4 is 5.19 Å². The largest absolute Gasteiger partial charge is 0.501 e. The van der Waals surface area contributed by atoms with Crippen molar-refractivity contribution in [3.63, 3.8) is 0 Å². The van der Waals surface area contributed by atoms with E-state index in [0.717, 1.165) is 67.2 Å². The molecule has 0 N–H and O–H groups in total. The van der Waals surface area contributed by atoms with Crippen molar-refractivity contribution in [3.05, 3.63) is 144 Å². The molecule has 56 heavy (non-hydrogen) atoms. The molecule has 0 spiro atoms. The number of benzene rings is 5. The van der Waals surface area contributed by atoms with E-state index in [4.69, 9.17) is 14.4 Å². The Morgan fingerprint density at radius 1 is 0.839 bits per heavy atom. The summed E-state index contributed by atoms with van der Waals surface area (Å²) in [5.74, 6) is 2.27. The van der Waals surface area contributed by atoms with Crippen molar-refractivity contribution in [2.75, 3.05) is 0 Å². The van der Waals surface area contributed by atoms with Gasteiger partial charge in [-0.15, -0.1) is 53.6 Å². The number of hydrogen-bond acceptors (Lipinski definition) is 3. The Kier molecular flexibility index (Phi) is 11.6. The third-order valence-electron chi connectivity index (χ3n) is 11.3. The van der Waals surface area contributed by atoms with E-state index in [1.165, 1.54) is 48.8 Å². The fourth-order valence-corrected chi connectivity index (χ4v) is 9.99. The van der Waals surface area contributed by atoms with Crippen LogP contribution in [0.1, 0.15) is 67.7 Å². The van der Waals surface area contributed by atoms with Crippen LogP contribution in [0.4, 0.5) is 0 Å². The molecule has 0 unspecified atom stereocenters. The number of para-hydroxylation sites is 4. The van der Waals surface area contributed by atoms with Crippen molar-refractivity contribution in [1.29, 1.82) is 0 Å². The molecule has 0 atom stereocenters. The van der Waals surface area contributed by atoms with Gasteiger partial charge in [0.2, 0.25) is 0 Å². The zero-order chi connectivity index (χ0) is 38.3. The minimum Gasteiger partial charge on any atom is -0.501 e. The molecule has 0 saturated heterocycles. The molecule has 6 heteroatoms. The van der Waals surface area contributed by atoms with Gasteiger partial charge in [-0.3, -0.25) is 4.98 Å². The maximum Gasteiger partial charge on any atom is 0.120 e. The van der Waals surface area contributed by atoms with Crippen LogP contribution >= 0.6 is 0 Å². The molecule has 0 aliphatic heterocycles.